The molecule has 0 aromatic rings. The van der Waals surface area contributed by atoms with Crippen molar-refractivity contribution in [3.05, 3.63) is 10.8 Å². The Morgan fingerprint density at radius 3 is 1.23 bits per heavy atom. The number of ketones is 3. The molecule has 6 saturated heterocycles. The van der Waals surface area contributed by atoms with Gasteiger partial charge in [-0.15, -0.1) is 46.9 Å². The second-order valence-corrected chi connectivity index (χ2v) is 41.8. The zero-order valence-corrected chi connectivity index (χ0v) is 90.3. The van der Waals surface area contributed by atoms with Gasteiger partial charge in [0.25, 0.3) is 0 Å². The quantitative estimate of drug-likeness (QED) is 0.0117. The molecule has 6 aliphatic heterocycles. The Kier molecular flexibility index (Phi) is 77.1. The number of carbonyl (C=O) groups excluding carboxylic acids is 6. The van der Waals surface area contributed by atoms with Crippen molar-refractivity contribution in [2.24, 2.45) is 17.8 Å². The molecule has 56 heteroatoms. The summed E-state index contributed by atoms with van der Waals surface area (Å²) in [5, 5.41) is 242. The molecule has 0 aromatic heterocycles. The summed E-state index contributed by atoms with van der Waals surface area (Å²) in [6.45, 7) is 10.2. The van der Waals surface area contributed by atoms with Gasteiger partial charge in [-0.2, -0.15) is 58.9 Å². The molecule has 0 bridgehead atoms. The normalized spacial score (nSPS) is 31.3. The fraction of sp³-hybridized carbons (Fsp3) is 0.910. The summed E-state index contributed by atoms with van der Waals surface area (Å²) in [7, 11) is 6.53. The number of amides is 3. The van der Waals surface area contributed by atoms with Crippen LogP contribution in [0.15, 0.2) is 10.8 Å². The van der Waals surface area contributed by atoms with Crippen LogP contribution in [-0.4, -0.2) is 530 Å². The number of thiol groups is 2. The van der Waals surface area contributed by atoms with Gasteiger partial charge in [0.1, 0.15) is 170 Å². The Labute approximate surface area is 885 Å². The van der Waals surface area contributed by atoms with Gasteiger partial charge >= 0.3 is 0 Å². The summed E-state index contributed by atoms with van der Waals surface area (Å²) in [5.41, 5.74) is 2.79. The number of ether oxygens (including phenoxy) is 10. The van der Waals surface area contributed by atoms with Crippen molar-refractivity contribution in [1.29, 1.82) is 0 Å². The van der Waals surface area contributed by atoms with Crippen molar-refractivity contribution in [3.8, 4) is 0 Å². The minimum atomic E-state index is -1.91. The van der Waals surface area contributed by atoms with Gasteiger partial charge in [-0.25, -0.2) is 5.48 Å². The van der Waals surface area contributed by atoms with Crippen LogP contribution in [0.2, 0.25) is 0 Å². The van der Waals surface area contributed by atoms with E-state index < -0.39 is 230 Å². The minimum absolute atomic E-state index is 0.0189. The van der Waals surface area contributed by atoms with Crippen molar-refractivity contribution in [2.45, 2.75) is 314 Å². The smallest absolute Gasteiger partial charge is 0.234 e. The Hall–Kier alpha value is -1.66. The summed E-state index contributed by atoms with van der Waals surface area (Å²) in [6.07, 6.45) is -38.0. The van der Waals surface area contributed by atoms with Gasteiger partial charge in [-0.1, -0.05) is 39.7 Å². The number of hydroxylamine groups is 5. The number of hydrogen-bond acceptors (Lipinski definition) is 52. The highest BCUT2D eigenvalue weighted by Crippen LogP contribution is 2.37. The lowest BCUT2D eigenvalue weighted by atomic mass is 9.85. The fourth-order valence-electron chi connectivity index (χ4n) is 15.3. The van der Waals surface area contributed by atoms with Crippen LogP contribution in [0.3, 0.4) is 0 Å². The number of alkyl halides is 1. The van der Waals surface area contributed by atoms with E-state index in [9.17, 15) is 141 Å². The van der Waals surface area contributed by atoms with Crippen LogP contribution in [-0.2, 0) is 90.6 Å². The lowest BCUT2D eigenvalue weighted by molar-refractivity contribution is -0.382. The maximum Gasteiger partial charge on any atom is 0.234 e. The molecule has 0 aromatic carbocycles. The number of nitrogens with one attached hydrogen (secondary N) is 4. The van der Waals surface area contributed by atoms with E-state index in [1.54, 1.807) is 56.7 Å². The highest BCUT2D eigenvalue weighted by atomic mass is 35.5. The van der Waals surface area contributed by atoms with E-state index in [1.165, 1.54) is 41.4 Å². The van der Waals surface area contributed by atoms with Crippen molar-refractivity contribution in [2.75, 3.05) is 177 Å². The summed E-state index contributed by atoms with van der Waals surface area (Å²) < 4.78 is 55.2. The van der Waals surface area contributed by atoms with E-state index in [0.29, 0.717) is 50.5 Å². The first-order valence-corrected chi connectivity index (χ1v) is 55.7. The summed E-state index contributed by atoms with van der Waals surface area (Å²) in [6, 6.07) is 0. The molecule has 0 radical (unpaired) electrons. The van der Waals surface area contributed by atoms with Gasteiger partial charge in [0.2, 0.25) is 17.7 Å². The average Bonchev–Trinajstić information content (AvgIpc) is 0.775. The molecular weight excluding hydrogens is 2080 g/mol. The van der Waals surface area contributed by atoms with Gasteiger partial charge in [0.05, 0.1) is 85.2 Å². The third-order valence-electron chi connectivity index (χ3n) is 23.9. The molecule has 6 heterocycles. The number of aliphatic hydroxyl groups excluding tert-OH is 23. The number of nitrogens with zero attached hydrogens (tertiary/aromatic N) is 2. The number of hydrogen-bond donors (Lipinski definition) is 29. The Balaban J connectivity index is 0.000000658. The second kappa shape index (κ2) is 80.2. The lowest BCUT2D eigenvalue weighted by Crippen LogP contribution is -2.67. The maximum absolute atomic E-state index is 13.0. The second-order valence-electron chi connectivity index (χ2n) is 34.7. The van der Waals surface area contributed by atoms with E-state index in [0.717, 1.165) is 129 Å². The van der Waals surface area contributed by atoms with Crippen molar-refractivity contribution >= 4 is 131 Å². The van der Waals surface area contributed by atoms with Crippen LogP contribution in [0, 0.1) is 17.8 Å². The standard InChI is InChI=1S/C30H55N3O7S3.C24H45NO16S2.C18H32O16.C11H20ClNO2.C6H15NOS2/c1-6-25(12-7-9-14-31-29(38)21-41-20-27(36)19-34)28(37)18-26(23(2)35)13-8-10-15-32-30(39)22-43-24(3)42-17-11-16-33(4)40-5;1-36-25(3-2-5-43-6-4-42)22-17(33)15(31)20(11(8-27)37-22)40-24-19(35)16(32)21(12(9-28)39-24)41-23-18(34)14(30)13(29)10(7-26)38-23;19-1-4-7(22)8(23)12(27)17(31-4)34-15-6(3-21)32-18(13(28)10(15)25)33-14-5(2-20)30-16(29)11(26)9(14)24;1-3-10(9(2)14)6-4-5-7-13-11(15)8-12;1-8-7-3-2-5-10-6-4-9/h25-27,34,36H,3,6-22H2,1-2,4-5H3,(H,31,38)(H,32,39);10-24,26-35,42H,2-9H2,1H3;4-29H,1-3H2;10H,3-8H2,1-2H3,(H,13,15);7,9H,2-6H2,1H3/t25-,26+,27?;10?,11?,12?,13-,14-,15+,16+,17?,18?,19?,20+,21-,22+,23+,24-;4?,5?,6?,7-,8-,9+,10+,11?,12?,13?,14+,15-,16?,17+,18-;10-;/m0000./s1. The van der Waals surface area contributed by atoms with Crippen LogP contribution in [0.25, 0.3) is 0 Å². The van der Waals surface area contributed by atoms with E-state index in [1.807, 2.05) is 32.7 Å². The lowest BCUT2D eigenvalue weighted by Gasteiger charge is -2.49. The van der Waals surface area contributed by atoms with Gasteiger partial charge < -0.3 is 190 Å². The Bertz CT molecular complexity index is 3410. The molecule has 34 atom stereocenters. The number of halogens is 1. The van der Waals surface area contributed by atoms with E-state index in [2.05, 4.69) is 58.1 Å². The van der Waals surface area contributed by atoms with Crippen LogP contribution in [0.4, 0.5) is 0 Å². The molecular formula is C89H167ClN6O42S7. The average molecular weight is 2250 g/mol. The molecule has 48 nitrogen and oxygen atoms in total. The summed E-state index contributed by atoms with van der Waals surface area (Å²) in [5.74, 6) is 7.45. The topological polar surface area (TPSA) is 742 Å². The van der Waals surface area contributed by atoms with Crippen LogP contribution in [0.5, 0.6) is 0 Å². The van der Waals surface area contributed by atoms with E-state index in [-0.39, 0.29) is 77.5 Å². The maximum atomic E-state index is 13.0. The third kappa shape index (κ3) is 51.1. The van der Waals surface area contributed by atoms with E-state index >= 15 is 0 Å². The zero-order valence-electron chi connectivity index (χ0n) is 83.7. The highest BCUT2D eigenvalue weighted by Gasteiger charge is 2.57. The number of rotatable bonds is 66. The van der Waals surface area contributed by atoms with Crippen molar-refractivity contribution in [3.63, 3.8) is 0 Å². The minimum Gasteiger partial charge on any atom is -0.394 e. The van der Waals surface area contributed by atoms with Crippen molar-refractivity contribution < 1.29 is 208 Å². The van der Waals surface area contributed by atoms with E-state index in [4.69, 9.17) is 73.8 Å². The molecule has 27 N–H and O–H groups in total. The van der Waals surface area contributed by atoms with Gasteiger partial charge in [0, 0.05) is 92.0 Å². The first-order chi connectivity index (χ1) is 69.1. The van der Waals surface area contributed by atoms with Crippen molar-refractivity contribution in [1.82, 2.24) is 31.6 Å². The largest absolute Gasteiger partial charge is 0.394 e. The number of thioether (sulfide) groups is 5. The predicted molar refractivity (Wildman–Crippen MR) is 543 cm³/mol. The molecule has 3 amide bonds. The third-order valence-corrected chi connectivity index (χ3v) is 30.7. The molecule has 6 rings (SSSR count). The highest BCUT2D eigenvalue weighted by molar-refractivity contribution is 8.22. The molecule has 0 saturated carbocycles. The molecule has 14 unspecified atom stereocenters. The Morgan fingerprint density at radius 1 is 0.421 bits per heavy atom. The zero-order chi connectivity index (χ0) is 109. The number of aliphatic hydroxyl groups is 23. The molecule has 0 spiro atoms. The predicted octanol–water partition coefficient (Wildman–Crippen LogP) is -6.25. The molecule has 6 aliphatic rings. The number of unbranched alkanes of at least 4 members (excludes halogenated alkanes) is 3. The number of Topliss-reactive ketones (excluding diaryl/α,β-unsaturated/α-hetero) is 3. The Morgan fingerprint density at radius 2 is 0.814 bits per heavy atom. The monoisotopic (exact) mass is 2250 g/mol. The summed E-state index contributed by atoms with van der Waals surface area (Å²) >= 11 is 21.6. The number of carbonyl (C=O) groups is 6. The fourth-order valence-corrected chi connectivity index (χ4v) is 20.0. The molecule has 0 aliphatic carbocycles. The SMILES string of the molecule is C=C(SCCCN(C)OC)SCC(=O)NCCCC[C@H](CC(=O)[C@@H](CC)CCCCNC(=O)CSCC(O)CO)C(C)=O.CC[C@@H](CCCCNC(=O)CCl)C(C)=O.CON(CCCSCCS)[C@@H]1OC(CO)[C@@H](O[C@@H]2OC(CO)[C@H](O[C@H]3OC(CO)[C@H](O)[C@H](O)C3O)[C@H](O)C2O)[C@H](O)C1O.CONCCCSCCS.OCC1OC(O)C(O)[C@@H](O)[C@@H]1O[C@@H]1OC(CO)[C@H](O[C@H]2OC(CO)[C@H](O)[C@H](O)C2O)[C@H](O)C1O. The van der Waals surface area contributed by atoms with Gasteiger partial charge in [-0.3, -0.25) is 33.6 Å². The summed E-state index contributed by atoms with van der Waals surface area (Å²) in [4.78, 5) is 86.2. The van der Waals surface area contributed by atoms with Crippen LogP contribution in [0.1, 0.15) is 124 Å². The van der Waals surface area contributed by atoms with Gasteiger partial charge in [0.15, 0.2) is 37.7 Å². The van der Waals surface area contributed by atoms with Crippen LogP contribution < -0.4 is 21.4 Å². The first-order valence-electron chi connectivity index (χ1n) is 48.5. The van der Waals surface area contributed by atoms with Gasteiger partial charge in [-0.05, 0) is 113 Å². The molecule has 6 fully saturated rings. The van der Waals surface area contributed by atoms with Crippen LogP contribution >= 0.6 is 95.7 Å². The molecule has 145 heavy (non-hydrogen) atoms. The first kappa shape index (κ1) is 139. The molecule has 854 valence electrons.